The zero-order valence-corrected chi connectivity index (χ0v) is 17.3. The largest absolute Gasteiger partial charge is 0.497 e. The first kappa shape index (κ1) is 20.6. The standard InChI is InChI=1S/C25H28N2O2/c1-4-23(19-15-13-18(2)14-16-19)27-24(20-9-6-5-7-10-20)25(28)26-21-11-8-12-22(17-21)29-3/h5-17,23-24,27H,4H2,1-3H3,(H,26,28)/p+1/t23-,24+/m1/s1. The minimum absolute atomic E-state index is 0.0463. The zero-order chi connectivity index (χ0) is 20.6. The Morgan fingerprint density at radius 3 is 2.34 bits per heavy atom. The molecule has 0 aliphatic rings. The van der Waals surface area contributed by atoms with Crippen LogP contribution in [0.3, 0.4) is 0 Å². The maximum absolute atomic E-state index is 13.3. The second-order valence-corrected chi connectivity index (χ2v) is 7.23. The molecule has 0 bridgehead atoms. The van der Waals surface area contributed by atoms with Gasteiger partial charge in [-0.25, -0.2) is 0 Å². The van der Waals surface area contributed by atoms with Crippen molar-refractivity contribution < 1.29 is 14.8 Å². The Labute approximate surface area is 172 Å². The van der Waals surface area contributed by atoms with Crippen molar-refractivity contribution in [3.05, 3.63) is 95.6 Å². The summed E-state index contributed by atoms with van der Waals surface area (Å²) in [4.78, 5) is 13.3. The van der Waals surface area contributed by atoms with Crippen molar-refractivity contribution in [2.45, 2.75) is 32.4 Å². The molecular weight excluding hydrogens is 360 g/mol. The van der Waals surface area contributed by atoms with Gasteiger partial charge in [-0.15, -0.1) is 0 Å². The van der Waals surface area contributed by atoms with Gasteiger partial charge >= 0.3 is 0 Å². The molecule has 1 amide bonds. The number of aryl methyl sites for hydroxylation is 1. The third kappa shape index (κ3) is 5.46. The first-order chi connectivity index (χ1) is 14.1. The number of nitrogens with one attached hydrogen (secondary N) is 1. The molecule has 3 aromatic rings. The summed E-state index contributed by atoms with van der Waals surface area (Å²) < 4.78 is 5.27. The molecule has 3 N–H and O–H groups in total. The predicted octanol–water partition coefficient (Wildman–Crippen LogP) is 4.40. The summed E-state index contributed by atoms with van der Waals surface area (Å²) in [6.45, 7) is 4.24. The van der Waals surface area contributed by atoms with Crippen LogP contribution in [0, 0.1) is 6.92 Å². The van der Waals surface area contributed by atoms with Gasteiger partial charge in [-0.1, -0.05) is 73.2 Å². The molecule has 3 aromatic carbocycles. The molecule has 0 spiro atoms. The van der Waals surface area contributed by atoms with E-state index < -0.39 is 0 Å². The smallest absolute Gasteiger partial charge is 0.287 e. The average molecular weight is 390 g/mol. The average Bonchev–Trinajstić information content (AvgIpc) is 2.76. The van der Waals surface area contributed by atoms with Crippen molar-refractivity contribution in [3.8, 4) is 5.75 Å². The lowest BCUT2D eigenvalue weighted by Crippen LogP contribution is -2.88. The van der Waals surface area contributed by atoms with Crippen LogP contribution in [0.1, 0.15) is 42.1 Å². The molecule has 0 fully saturated rings. The van der Waals surface area contributed by atoms with Gasteiger partial charge in [0.15, 0.2) is 6.04 Å². The summed E-state index contributed by atoms with van der Waals surface area (Å²) >= 11 is 0. The highest BCUT2D eigenvalue weighted by atomic mass is 16.5. The lowest BCUT2D eigenvalue weighted by molar-refractivity contribution is -0.722. The van der Waals surface area contributed by atoms with E-state index in [0.29, 0.717) is 5.75 Å². The monoisotopic (exact) mass is 389 g/mol. The number of quaternary nitrogens is 1. The Bertz CT molecular complexity index is 923. The van der Waals surface area contributed by atoms with Crippen LogP contribution in [0.2, 0.25) is 0 Å². The Kier molecular flexibility index (Phi) is 7.04. The van der Waals surface area contributed by atoms with Crippen molar-refractivity contribution in [2.24, 2.45) is 0 Å². The quantitative estimate of drug-likeness (QED) is 0.600. The number of methoxy groups -OCH3 is 1. The van der Waals surface area contributed by atoms with Crippen molar-refractivity contribution in [1.29, 1.82) is 0 Å². The molecule has 0 radical (unpaired) electrons. The van der Waals surface area contributed by atoms with Crippen LogP contribution < -0.4 is 15.4 Å². The number of hydrogen-bond donors (Lipinski definition) is 2. The van der Waals surface area contributed by atoms with E-state index in [1.165, 1.54) is 11.1 Å². The van der Waals surface area contributed by atoms with Gasteiger partial charge in [0.05, 0.1) is 7.11 Å². The van der Waals surface area contributed by atoms with Gasteiger partial charge in [0.1, 0.15) is 11.8 Å². The van der Waals surface area contributed by atoms with E-state index >= 15 is 0 Å². The van der Waals surface area contributed by atoms with Crippen LogP contribution in [0.4, 0.5) is 5.69 Å². The number of carbonyl (C=O) groups is 1. The molecule has 4 nitrogen and oxygen atoms in total. The second kappa shape index (κ2) is 9.89. The van der Waals surface area contributed by atoms with E-state index in [2.05, 4.69) is 48.7 Å². The molecule has 0 aromatic heterocycles. The minimum Gasteiger partial charge on any atom is -0.497 e. The third-order valence-corrected chi connectivity index (χ3v) is 5.15. The zero-order valence-electron chi connectivity index (χ0n) is 17.3. The SMILES string of the molecule is CC[C@@H]([NH2+][C@H](C(=O)Nc1cccc(OC)c1)c1ccccc1)c1ccc(C)cc1. The molecular formula is C25H29N2O2+. The Morgan fingerprint density at radius 2 is 1.69 bits per heavy atom. The second-order valence-electron chi connectivity index (χ2n) is 7.23. The van der Waals surface area contributed by atoms with Gasteiger partial charge in [0.2, 0.25) is 0 Å². The first-order valence-corrected chi connectivity index (χ1v) is 10.0. The summed E-state index contributed by atoms with van der Waals surface area (Å²) in [6, 6.07) is 25.8. The fourth-order valence-electron chi connectivity index (χ4n) is 3.46. The van der Waals surface area contributed by atoms with Crippen LogP contribution in [-0.4, -0.2) is 13.0 Å². The number of amides is 1. The summed E-state index contributed by atoms with van der Waals surface area (Å²) in [6.07, 6.45) is 0.929. The maximum Gasteiger partial charge on any atom is 0.287 e. The lowest BCUT2D eigenvalue weighted by atomic mass is 9.99. The highest BCUT2D eigenvalue weighted by Gasteiger charge is 2.28. The molecule has 0 saturated carbocycles. The summed E-state index contributed by atoms with van der Waals surface area (Å²) in [5, 5.41) is 5.22. The number of hydrogen-bond acceptors (Lipinski definition) is 2. The number of carbonyl (C=O) groups excluding carboxylic acids is 1. The Morgan fingerprint density at radius 1 is 0.966 bits per heavy atom. The molecule has 0 aliphatic carbocycles. The fraction of sp³-hybridized carbons (Fsp3) is 0.240. The Balaban J connectivity index is 1.85. The van der Waals surface area contributed by atoms with Crippen LogP contribution in [0.15, 0.2) is 78.9 Å². The van der Waals surface area contributed by atoms with Gasteiger partial charge in [0, 0.05) is 29.3 Å². The van der Waals surface area contributed by atoms with Crippen molar-refractivity contribution >= 4 is 11.6 Å². The van der Waals surface area contributed by atoms with Crippen molar-refractivity contribution in [3.63, 3.8) is 0 Å². The topological polar surface area (TPSA) is 54.9 Å². The van der Waals surface area contributed by atoms with Crippen LogP contribution in [-0.2, 0) is 4.79 Å². The molecule has 3 rings (SSSR count). The van der Waals surface area contributed by atoms with Gasteiger partial charge in [-0.05, 0) is 19.1 Å². The summed E-state index contributed by atoms with van der Waals surface area (Å²) in [5.74, 6) is 0.671. The van der Waals surface area contributed by atoms with Crippen LogP contribution in [0.25, 0.3) is 0 Å². The summed E-state index contributed by atoms with van der Waals surface area (Å²) in [5.41, 5.74) is 4.18. The third-order valence-electron chi connectivity index (χ3n) is 5.15. The fourth-order valence-corrected chi connectivity index (χ4v) is 3.46. The van der Waals surface area contributed by atoms with E-state index in [4.69, 9.17) is 4.74 Å². The number of rotatable bonds is 8. The van der Waals surface area contributed by atoms with E-state index in [-0.39, 0.29) is 18.0 Å². The molecule has 0 aliphatic heterocycles. The van der Waals surface area contributed by atoms with E-state index in [9.17, 15) is 4.79 Å². The molecule has 2 atom stereocenters. The highest BCUT2D eigenvalue weighted by molar-refractivity contribution is 5.94. The molecule has 0 saturated heterocycles. The van der Waals surface area contributed by atoms with Gasteiger partial charge < -0.3 is 15.4 Å². The lowest BCUT2D eigenvalue weighted by Gasteiger charge is -2.22. The van der Waals surface area contributed by atoms with Crippen LogP contribution in [0.5, 0.6) is 5.75 Å². The molecule has 0 heterocycles. The molecule has 0 unspecified atom stereocenters. The minimum atomic E-state index is -0.353. The van der Waals surface area contributed by atoms with E-state index in [0.717, 1.165) is 17.7 Å². The normalized spacial score (nSPS) is 12.8. The number of nitrogens with two attached hydrogens (primary N) is 1. The molecule has 150 valence electrons. The van der Waals surface area contributed by atoms with E-state index in [1.807, 2.05) is 54.6 Å². The number of ether oxygens (including phenoxy) is 1. The number of anilines is 1. The van der Waals surface area contributed by atoms with E-state index in [1.54, 1.807) is 7.11 Å². The van der Waals surface area contributed by atoms with Gasteiger partial charge in [-0.3, -0.25) is 4.79 Å². The summed E-state index contributed by atoms with van der Waals surface area (Å²) in [7, 11) is 1.62. The molecule has 4 heteroatoms. The Hall–Kier alpha value is -3.11. The maximum atomic E-state index is 13.3. The first-order valence-electron chi connectivity index (χ1n) is 10.0. The molecule has 29 heavy (non-hydrogen) atoms. The number of benzene rings is 3. The van der Waals surface area contributed by atoms with Gasteiger partial charge in [0.25, 0.3) is 5.91 Å². The van der Waals surface area contributed by atoms with Crippen LogP contribution >= 0.6 is 0 Å². The highest BCUT2D eigenvalue weighted by Crippen LogP contribution is 2.20. The van der Waals surface area contributed by atoms with Crippen molar-refractivity contribution in [2.75, 3.05) is 12.4 Å². The van der Waals surface area contributed by atoms with Gasteiger partial charge in [-0.2, -0.15) is 0 Å². The predicted molar refractivity (Wildman–Crippen MR) is 117 cm³/mol. The van der Waals surface area contributed by atoms with Crippen molar-refractivity contribution in [1.82, 2.24) is 0 Å².